The SMILES string of the molecule is NC(N)=Nc1cccc(C(=O)Nc2ccc(CCC(=O)O)cc2)c1. The molecule has 2 rings (SSSR count). The number of carboxylic acid groups (broad SMARTS) is 1. The Balaban J connectivity index is 2.04. The molecule has 0 spiro atoms. The Morgan fingerprint density at radius 1 is 1.08 bits per heavy atom. The quantitative estimate of drug-likeness (QED) is 0.475. The van der Waals surface area contributed by atoms with E-state index in [1.54, 1.807) is 48.5 Å². The third-order valence-corrected chi connectivity index (χ3v) is 3.21. The van der Waals surface area contributed by atoms with Crippen molar-refractivity contribution < 1.29 is 14.7 Å². The maximum atomic E-state index is 12.3. The van der Waals surface area contributed by atoms with Crippen LogP contribution in [0.1, 0.15) is 22.3 Å². The zero-order valence-electron chi connectivity index (χ0n) is 12.9. The van der Waals surface area contributed by atoms with Crippen LogP contribution >= 0.6 is 0 Å². The normalized spacial score (nSPS) is 10.0. The Morgan fingerprint density at radius 3 is 2.42 bits per heavy atom. The van der Waals surface area contributed by atoms with Crippen LogP contribution in [0.5, 0.6) is 0 Å². The van der Waals surface area contributed by atoms with Gasteiger partial charge in [-0.1, -0.05) is 18.2 Å². The predicted molar refractivity (Wildman–Crippen MR) is 92.3 cm³/mol. The molecule has 6 N–H and O–H groups in total. The van der Waals surface area contributed by atoms with Crippen LogP contribution in [0.3, 0.4) is 0 Å². The predicted octanol–water partition coefficient (Wildman–Crippen LogP) is 1.86. The van der Waals surface area contributed by atoms with Crippen molar-refractivity contribution in [3.8, 4) is 0 Å². The standard InChI is InChI=1S/C17H18N4O3/c18-17(19)21-14-3-1-2-12(10-14)16(24)20-13-7-4-11(5-8-13)6-9-15(22)23/h1-5,7-8,10H,6,9H2,(H,20,24)(H,22,23)(H4,18,19,21). The summed E-state index contributed by atoms with van der Waals surface area (Å²) in [5, 5.41) is 11.4. The number of guanidine groups is 1. The fourth-order valence-corrected chi connectivity index (χ4v) is 2.08. The molecule has 0 aliphatic heterocycles. The number of hydrogen-bond donors (Lipinski definition) is 4. The Kier molecular flexibility index (Phi) is 5.51. The van der Waals surface area contributed by atoms with Crippen molar-refractivity contribution >= 4 is 29.2 Å². The van der Waals surface area contributed by atoms with Crippen molar-refractivity contribution in [1.82, 2.24) is 0 Å². The minimum absolute atomic E-state index is 0.0727. The minimum atomic E-state index is -0.840. The van der Waals surface area contributed by atoms with Crippen LogP contribution in [-0.2, 0) is 11.2 Å². The highest BCUT2D eigenvalue weighted by molar-refractivity contribution is 6.04. The number of carbonyl (C=O) groups excluding carboxylic acids is 1. The summed E-state index contributed by atoms with van der Waals surface area (Å²) in [6.45, 7) is 0. The van der Waals surface area contributed by atoms with Gasteiger partial charge in [-0.15, -0.1) is 0 Å². The number of rotatable bonds is 6. The van der Waals surface area contributed by atoms with Gasteiger partial charge in [0, 0.05) is 17.7 Å². The van der Waals surface area contributed by atoms with Crippen molar-refractivity contribution in [1.29, 1.82) is 0 Å². The number of nitrogens with two attached hydrogens (primary N) is 2. The van der Waals surface area contributed by atoms with E-state index in [0.29, 0.717) is 23.4 Å². The molecule has 1 amide bonds. The second kappa shape index (κ2) is 7.77. The largest absolute Gasteiger partial charge is 0.481 e. The van der Waals surface area contributed by atoms with Crippen LogP contribution in [0.4, 0.5) is 11.4 Å². The molecule has 0 fully saturated rings. The summed E-state index contributed by atoms with van der Waals surface area (Å²) in [6.07, 6.45) is 0.521. The molecule has 0 saturated carbocycles. The minimum Gasteiger partial charge on any atom is -0.481 e. The zero-order chi connectivity index (χ0) is 17.5. The average molecular weight is 326 g/mol. The van der Waals surface area contributed by atoms with Gasteiger partial charge in [-0.2, -0.15) is 0 Å². The number of benzene rings is 2. The van der Waals surface area contributed by atoms with Gasteiger partial charge in [-0.05, 0) is 42.3 Å². The second-order valence-corrected chi connectivity index (χ2v) is 5.13. The van der Waals surface area contributed by atoms with Gasteiger partial charge in [0.25, 0.3) is 5.91 Å². The van der Waals surface area contributed by atoms with Crippen LogP contribution in [0.25, 0.3) is 0 Å². The number of nitrogens with one attached hydrogen (secondary N) is 1. The summed E-state index contributed by atoms with van der Waals surface area (Å²) >= 11 is 0. The van der Waals surface area contributed by atoms with E-state index in [-0.39, 0.29) is 18.3 Å². The maximum Gasteiger partial charge on any atom is 0.303 e. The molecule has 0 bridgehead atoms. The van der Waals surface area contributed by atoms with E-state index >= 15 is 0 Å². The molecule has 0 saturated heterocycles. The van der Waals surface area contributed by atoms with Gasteiger partial charge in [-0.25, -0.2) is 4.99 Å². The highest BCUT2D eigenvalue weighted by Gasteiger charge is 2.07. The van der Waals surface area contributed by atoms with E-state index in [2.05, 4.69) is 10.3 Å². The maximum absolute atomic E-state index is 12.3. The molecule has 2 aromatic carbocycles. The molecular formula is C17H18N4O3. The second-order valence-electron chi connectivity index (χ2n) is 5.13. The average Bonchev–Trinajstić information content (AvgIpc) is 2.53. The Bertz CT molecular complexity index is 766. The van der Waals surface area contributed by atoms with Crippen LogP contribution in [0.15, 0.2) is 53.5 Å². The highest BCUT2D eigenvalue weighted by atomic mass is 16.4. The topological polar surface area (TPSA) is 131 Å². The Morgan fingerprint density at radius 2 is 1.79 bits per heavy atom. The number of nitrogens with zero attached hydrogens (tertiary/aromatic N) is 1. The zero-order valence-corrected chi connectivity index (χ0v) is 12.9. The first-order valence-corrected chi connectivity index (χ1v) is 7.26. The number of aliphatic imine (C=N–C) groups is 1. The van der Waals surface area contributed by atoms with Crippen LogP contribution in [-0.4, -0.2) is 22.9 Å². The van der Waals surface area contributed by atoms with Crippen molar-refractivity contribution in [3.05, 3.63) is 59.7 Å². The monoisotopic (exact) mass is 326 g/mol. The van der Waals surface area contributed by atoms with Gasteiger partial charge >= 0.3 is 5.97 Å². The Labute approximate surface area is 139 Å². The molecule has 0 heterocycles. The summed E-state index contributed by atoms with van der Waals surface area (Å²) < 4.78 is 0. The fourth-order valence-electron chi connectivity index (χ4n) is 2.08. The number of amides is 1. The lowest BCUT2D eigenvalue weighted by Crippen LogP contribution is -2.21. The molecule has 24 heavy (non-hydrogen) atoms. The summed E-state index contributed by atoms with van der Waals surface area (Å²) in [5.74, 6) is -1.21. The molecule has 0 aliphatic rings. The number of aryl methyl sites for hydroxylation is 1. The Hall–Kier alpha value is -3.35. The number of carbonyl (C=O) groups is 2. The van der Waals surface area contributed by atoms with Crippen molar-refractivity contribution in [3.63, 3.8) is 0 Å². The first-order valence-electron chi connectivity index (χ1n) is 7.26. The van der Waals surface area contributed by atoms with Gasteiger partial charge in [0.15, 0.2) is 5.96 Å². The lowest BCUT2D eigenvalue weighted by atomic mass is 10.1. The molecule has 2 aromatic rings. The molecule has 0 atom stereocenters. The van der Waals surface area contributed by atoms with Crippen LogP contribution in [0, 0.1) is 0 Å². The molecule has 7 heteroatoms. The summed E-state index contributed by atoms with van der Waals surface area (Å²) in [6, 6.07) is 13.6. The number of hydrogen-bond acceptors (Lipinski definition) is 3. The summed E-state index contributed by atoms with van der Waals surface area (Å²) in [5.41, 5.74) is 13.1. The molecule has 0 unspecified atom stereocenters. The number of anilines is 1. The lowest BCUT2D eigenvalue weighted by molar-refractivity contribution is -0.136. The van der Waals surface area contributed by atoms with E-state index in [0.717, 1.165) is 5.56 Å². The van der Waals surface area contributed by atoms with E-state index in [9.17, 15) is 9.59 Å². The van der Waals surface area contributed by atoms with E-state index < -0.39 is 5.97 Å². The molecule has 124 valence electrons. The van der Waals surface area contributed by atoms with E-state index in [1.165, 1.54) is 0 Å². The van der Waals surface area contributed by atoms with Crippen molar-refractivity contribution in [2.24, 2.45) is 16.5 Å². The molecule has 0 aliphatic carbocycles. The van der Waals surface area contributed by atoms with Gasteiger partial charge in [-0.3, -0.25) is 9.59 Å². The van der Waals surface area contributed by atoms with Gasteiger partial charge in [0.05, 0.1) is 5.69 Å². The van der Waals surface area contributed by atoms with E-state index in [1.807, 2.05) is 0 Å². The first kappa shape index (κ1) is 17.0. The summed E-state index contributed by atoms with van der Waals surface area (Å²) in [4.78, 5) is 26.7. The molecule has 0 aromatic heterocycles. The highest BCUT2D eigenvalue weighted by Crippen LogP contribution is 2.16. The third kappa shape index (κ3) is 5.13. The van der Waals surface area contributed by atoms with Crippen LogP contribution in [0.2, 0.25) is 0 Å². The van der Waals surface area contributed by atoms with Crippen molar-refractivity contribution in [2.75, 3.05) is 5.32 Å². The lowest BCUT2D eigenvalue weighted by Gasteiger charge is -2.07. The molecular weight excluding hydrogens is 308 g/mol. The smallest absolute Gasteiger partial charge is 0.303 e. The number of aliphatic carboxylic acids is 1. The summed E-state index contributed by atoms with van der Waals surface area (Å²) in [7, 11) is 0. The third-order valence-electron chi connectivity index (χ3n) is 3.21. The fraction of sp³-hybridized carbons (Fsp3) is 0.118. The van der Waals surface area contributed by atoms with Gasteiger partial charge in [0.1, 0.15) is 0 Å². The first-order chi connectivity index (χ1) is 11.4. The molecule has 7 nitrogen and oxygen atoms in total. The molecule has 0 radical (unpaired) electrons. The van der Waals surface area contributed by atoms with Crippen LogP contribution < -0.4 is 16.8 Å². The van der Waals surface area contributed by atoms with Crippen molar-refractivity contribution in [2.45, 2.75) is 12.8 Å². The van der Waals surface area contributed by atoms with E-state index in [4.69, 9.17) is 16.6 Å². The van der Waals surface area contributed by atoms with Gasteiger partial charge in [0.2, 0.25) is 0 Å². The van der Waals surface area contributed by atoms with Gasteiger partial charge < -0.3 is 21.9 Å². The number of carboxylic acids is 1.